The van der Waals surface area contributed by atoms with Crippen molar-refractivity contribution in [2.75, 3.05) is 11.1 Å². The number of anilines is 2. The van der Waals surface area contributed by atoms with E-state index in [-0.39, 0.29) is 11.7 Å². The lowest BCUT2D eigenvalue weighted by atomic mass is 10.1. The van der Waals surface area contributed by atoms with Gasteiger partial charge >= 0.3 is 0 Å². The van der Waals surface area contributed by atoms with E-state index in [2.05, 4.69) is 10.3 Å². The van der Waals surface area contributed by atoms with Crippen LogP contribution in [0.2, 0.25) is 0 Å². The number of amides is 1. The molecule has 0 saturated heterocycles. The van der Waals surface area contributed by atoms with Gasteiger partial charge in [-0.1, -0.05) is 6.07 Å². The lowest BCUT2D eigenvalue weighted by Crippen LogP contribution is -2.14. The molecule has 1 aromatic carbocycles. The van der Waals surface area contributed by atoms with Crippen LogP contribution >= 0.6 is 0 Å². The number of hydrogen-bond acceptors (Lipinski definition) is 4. The fraction of sp³-hybridized carbons (Fsp3) is 0.143. The maximum atomic E-state index is 12.1. The number of nitrogens with zero attached hydrogens (tertiary/aromatic N) is 1. The molecule has 1 amide bonds. The van der Waals surface area contributed by atoms with Gasteiger partial charge in [-0.25, -0.2) is 4.98 Å². The highest BCUT2D eigenvalue weighted by Gasteiger charge is 2.12. The number of hydrogen-bond donors (Lipinski definition) is 3. The molecule has 0 fully saturated rings. The largest absolute Gasteiger partial charge is 0.508 e. The van der Waals surface area contributed by atoms with Gasteiger partial charge in [0.2, 0.25) is 0 Å². The highest BCUT2D eigenvalue weighted by molar-refractivity contribution is 6.05. The van der Waals surface area contributed by atoms with Gasteiger partial charge in [0.1, 0.15) is 11.6 Å². The topological polar surface area (TPSA) is 88.2 Å². The van der Waals surface area contributed by atoms with Crippen LogP contribution in [0.4, 0.5) is 11.5 Å². The number of pyridine rings is 1. The van der Waals surface area contributed by atoms with Gasteiger partial charge in [-0.3, -0.25) is 4.79 Å². The first-order valence-corrected chi connectivity index (χ1v) is 5.81. The third-order valence-corrected chi connectivity index (χ3v) is 2.94. The minimum absolute atomic E-state index is 0.0918. The molecule has 1 heterocycles. The van der Waals surface area contributed by atoms with Crippen LogP contribution in [-0.4, -0.2) is 16.0 Å². The average Bonchev–Trinajstić information content (AvgIpc) is 2.37. The Labute approximate surface area is 111 Å². The summed E-state index contributed by atoms with van der Waals surface area (Å²) in [5.74, 6) is 0.207. The van der Waals surface area contributed by atoms with Crippen molar-refractivity contribution >= 4 is 17.4 Å². The minimum Gasteiger partial charge on any atom is -0.508 e. The molecule has 5 nitrogen and oxygen atoms in total. The molecule has 0 aliphatic rings. The molecule has 0 saturated carbocycles. The number of aromatic hydroxyl groups is 1. The van der Waals surface area contributed by atoms with Crippen LogP contribution in [0.25, 0.3) is 0 Å². The van der Waals surface area contributed by atoms with Crippen molar-refractivity contribution < 1.29 is 9.90 Å². The second-order valence-electron chi connectivity index (χ2n) is 4.33. The zero-order valence-corrected chi connectivity index (χ0v) is 10.8. The Morgan fingerprint density at radius 1 is 1.37 bits per heavy atom. The van der Waals surface area contributed by atoms with Crippen LogP contribution in [0.1, 0.15) is 21.5 Å². The first-order chi connectivity index (χ1) is 8.99. The zero-order valence-electron chi connectivity index (χ0n) is 10.8. The molecule has 19 heavy (non-hydrogen) atoms. The van der Waals surface area contributed by atoms with Crippen LogP contribution in [-0.2, 0) is 0 Å². The van der Waals surface area contributed by atoms with Crippen LogP contribution < -0.4 is 11.1 Å². The Hall–Kier alpha value is -2.56. The smallest absolute Gasteiger partial charge is 0.257 e. The van der Waals surface area contributed by atoms with Gasteiger partial charge < -0.3 is 16.2 Å². The number of benzene rings is 1. The van der Waals surface area contributed by atoms with E-state index in [1.807, 2.05) is 6.92 Å². The number of aromatic nitrogens is 1. The van der Waals surface area contributed by atoms with Gasteiger partial charge in [0.25, 0.3) is 5.91 Å². The lowest BCUT2D eigenvalue weighted by Gasteiger charge is -2.09. The van der Waals surface area contributed by atoms with Gasteiger partial charge in [-0.15, -0.1) is 0 Å². The molecular weight excluding hydrogens is 242 g/mol. The molecular formula is C14H15N3O2. The Balaban J connectivity index is 2.26. The predicted octanol–water partition coefficient (Wildman–Crippen LogP) is 2.24. The van der Waals surface area contributed by atoms with E-state index in [0.29, 0.717) is 22.6 Å². The molecule has 0 aliphatic carbocycles. The molecule has 0 bridgehead atoms. The van der Waals surface area contributed by atoms with E-state index in [0.717, 1.165) is 5.56 Å². The van der Waals surface area contributed by atoms with Gasteiger partial charge in [0, 0.05) is 11.1 Å². The molecule has 1 aromatic heterocycles. The first-order valence-electron chi connectivity index (χ1n) is 5.81. The van der Waals surface area contributed by atoms with Crippen molar-refractivity contribution in [3.8, 4) is 5.75 Å². The van der Waals surface area contributed by atoms with Crippen LogP contribution in [0.3, 0.4) is 0 Å². The van der Waals surface area contributed by atoms with Crippen LogP contribution in [0.5, 0.6) is 5.75 Å². The number of phenols is 1. The molecule has 0 unspecified atom stereocenters. The summed E-state index contributed by atoms with van der Waals surface area (Å²) in [6, 6.07) is 6.51. The first kappa shape index (κ1) is 12.9. The Bertz CT molecular complexity index is 639. The molecule has 2 rings (SSSR count). The van der Waals surface area contributed by atoms with Crippen LogP contribution in [0.15, 0.2) is 30.5 Å². The monoisotopic (exact) mass is 257 g/mol. The third kappa shape index (κ3) is 2.65. The van der Waals surface area contributed by atoms with E-state index >= 15 is 0 Å². The second-order valence-corrected chi connectivity index (χ2v) is 4.33. The SMILES string of the molecule is Cc1cc(NC(=O)c2cccc(O)c2C)ncc1N. The van der Waals surface area contributed by atoms with E-state index in [1.54, 1.807) is 25.1 Å². The molecule has 5 heteroatoms. The normalized spacial score (nSPS) is 10.2. The summed E-state index contributed by atoms with van der Waals surface area (Å²) in [5, 5.41) is 12.3. The summed E-state index contributed by atoms with van der Waals surface area (Å²) >= 11 is 0. The Kier molecular flexibility index (Phi) is 3.37. The van der Waals surface area contributed by atoms with Crippen molar-refractivity contribution in [1.82, 2.24) is 4.98 Å². The lowest BCUT2D eigenvalue weighted by molar-refractivity contribution is 0.102. The average molecular weight is 257 g/mol. The number of carbonyl (C=O) groups excluding carboxylic acids is 1. The molecule has 0 aliphatic heterocycles. The summed E-state index contributed by atoms with van der Waals surface area (Å²) in [6.07, 6.45) is 1.50. The van der Waals surface area contributed by atoms with Gasteiger partial charge in [0.15, 0.2) is 0 Å². The number of nitrogens with two attached hydrogens (primary N) is 1. The highest BCUT2D eigenvalue weighted by Crippen LogP contribution is 2.21. The fourth-order valence-corrected chi connectivity index (χ4v) is 1.69. The number of nitrogen functional groups attached to an aromatic ring is 1. The van der Waals surface area contributed by atoms with Crippen LogP contribution in [0, 0.1) is 13.8 Å². The fourth-order valence-electron chi connectivity index (χ4n) is 1.69. The molecule has 98 valence electrons. The van der Waals surface area contributed by atoms with Crippen molar-refractivity contribution in [3.05, 3.63) is 47.2 Å². The maximum Gasteiger partial charge on any atom is 0.257 e. The number of rotatable bonds is 2. The summed E-state index contributed by atoms with van der Waals surface area (Å²) in [4.78, 5) is 16.1. The Morgan fingerprint density at radius 2 is 2.11 bits per heavy atom. The van der Waals surface area contributed by atoms with Gasteiger partial charge in [0.05, 0.1) is 11.9 Å². The van der Waals surface area contributed by atoms with E-state index in [1.165, 1.54) is 12.3 Å². The number of phenolic OH excluding ortho intramolecular Hbond substituents is 1. The maximum absolute atomic E-state index is 12.1. The number of aryl methyl sites for hydroxylation is 1. The second kappa shape index (κ2) is 4.97. The molecule has 0 radical (unpaired) electrons. The quantitative estimate of drug-likeness (QED) is 0.769. The zero-order chi connectivity index (χ0) is 14.0. The van der Waals surface area contributed by atoms with E-state index in [9.17, 15) is 9.90 Å². The summed E-state index contributed by atoms with van der Waals surface area (Å²) < 4.78 is 0. The van der Waals surface area contributed by atoms with E-state index in [4.69, 9.17) is 5.73 Å². The molecule has 0 spiro atoms. The predicted molar refractivity (Wildman–Crippen MR) is 74.2 cm³/mol. The van der Waals surface area contributed by atoms with Crippen molar-refractivity contribution in [1.29, 1.82) is 0 Å². The summed E-state index contributed by atoms with van der Waals surface area (Å²) in [6.45, 7) is 3.53. The highest BCUT2D eigenvalue weighted by atomic mass is 16.3. The summed E-state index contributed by atoms with van der Waals surface area (Å²) in [7, 11) is 0. The third-order valence-electron chi connectivity index (χ3n) is 2.94. The van der Waals surface area contributed by atoms with Crippen molar-refractivity contribution in [2.45, 2.75) is 13.8 Å². The molecule has 0 atom stereocenters. The Morgan fingerprint density at radius 3 is 2.79 bits per heavy atom. The van der Waals surface area contributed by atoms with E-state index < -0.39 is 0 Å². The van der Waals surface area contributed by atoms with Gasteiger partial charge in [-0.05, 0) is 37.6 Å². The number of carbonyl (C=O) groups is 1. The molecule has 2 aromatic rings. The minimum atomic E-state index is -0.315. The number of nitrogens with one attached hydrogen (secondary N) is 1. The van der Waals surface area contributed by atoms with Crippen molar-refractivity contribution in [3.63, 3.8) is 0 Å². The molecule has 4 N–H and O–H groups in total. The summed E-state index contributed by atoms with van der Waals surface area (Å²) in [5.41, 5.74) is 8.03. The standard InChI is InChI=1S/C14H15N3O2/c1-8-6-13(16-7-11(8)15)17-14(19)10-4-3-5-12(18)9(10)2/h3-7,18H,15H2,1-2H3,(H,16,17,19). The van der Waals surface area contributed by atoms with Crippen molar-refractivity contribution in [2.24, 2.45) is 0 Å². The van der Waals surface area contributed by atoms with Gasteiger partial charge in [-0.2, -0.15) is 0 Å².